The van der Waals surface area contributed by atoms with E-state index in [1.54, 1.807) is 0 Å². The number of benzene rings is 3. The van der Waals surface area contributed by atoms with Gasteiger partial charge in [0.25, 0.3) is 0 Å². The van der Waals surface area contributed by atoms with Crippen molar-refractivity contribution >= 4 is 5.97 Å². The van der Waals surface area contributed by atoms with Crippen LogP contribution in [0.2, 0.25) is 0 Å². The summed E-state index contributed by atoms with van der Waals surface area (Å²) in [5.41, 5.74) is 6.06. The number of esters is 1. The molecule has 0 aliphatic heterocycles. The Morgan fingerprint density at radius 3 is 1.97 bits per heavy atom. The van der Waals surface area contributed by atoms with Gasteiger partial charge >= 0.3 is 5.97 Å². The number of hydrogen-bond donors (Lipinski definition) is 0. The SMILES string of the molecule is CCCCCCCCOC(C)c1ccc(-c2ccc(-c3ccccc3C(=O)OC(CC)CCC)cc2)cc1. The van der Waals surface area contributed by atoms with E-state index in [1.807, 2.05) is 24.3 Å². The Hall–Kier alpha value is -2.91. The van der Waals surface area contributed by atoms with Crippen LogP contribution in [-0.2, 0) is 9.47 Å². The molecule has 2 unspecified atom stereocenters. The first-order chi connectivity index (χ1) is 18.6. The highest BCUT2D eigenvalue weighted by Gasteiger charge is 2.18. The van der Waals surface area contributed by atoms with E-state index < -0.39 is 0 Å². The number of ether oxygens (including phenoxy) is 2. The van der Waals surface area contributed by atoms with Gasteiger partial charge in [0.05, 0.1) is 11.7 Å². The summed E-state index contributed by atoms with van der Waals surface area (Å²) < 4.78 is 11.9. The number of carbonyl (C=O) groups is 1. The second kappa shape index (κ2) is 16.1. The van der Waals surface area contributed by atoms with E-state index in [0.717, 1.165) is 49.0 Å². The van der Waals surface area contributed by atoms with Crippen molar-refractivity contribution in [3.8, 4) is 22.3 Å². The molecule has 0 N–H and O–H groups in total. The van der Waals surface area contributed by atoms with Crippen LogP contribution < -0.4 is 0 Å². The summed E-state index contributed by atoms with van der Waals surface area (Å²) in [6.45, 7) is 9.39. The molecule has 0 radical (unpaired) electrons. The molecule has 3 heteroatoms. The molecule has 0 heterocycles. The van der Waals surface area contributed by atoms with Crippen LogP contribution in [0.25, 0.3) is 22.3 Å². The third kappa shape index (κ3) is 8.84. The largest absolute Gasteiger partial charge is 0.459 e. The molecular formula is C35H46O3. The molecule has 204 valence electrons. The van der Waals surface area contributed by atoms with E-state index in [4.69, 9.17) is 9.47 Å². The zero-order valence-electron chi connectivity index (χ0n) is 23.9. The molecule has 0 aliphatic carbocycles. The maximum atomic E-state index is 13.0. The Bertz CT molecular complexity index is 1080. The predicted molar refractivity (Wildman–Crippen MR) is 159 cm³/mol. The number of unbranched alkanes of at least 4 members (excludes halogenated alkanes) is 5. The van der Waals surface area contributed by atoms with Crippen molar-refractivity contribution in [1.82, 2.24) is 0 Å². The minimum Gasteiger partial charge on any atom is -0.459 e. The summed E-state index contributed by atoms with van der Waals surface area (Å²) in [6.07, 6.45) is 10.5. The van der Waals surface area contributed by atoms with Crippen LogP contribution in [0.1, 0.15) is 108 Å². The molecule has 2 atom stereocenters. The average molecular weight is 515 g/mol. The van der Waals surface area contributed by atoms with Gasteiger partial charge in [0.1, 0.15) is 6.10 Å². The maximum absolute atomic E-state index is 13.0. The molecule has 0 saturated carbocycles. The molecule has 3 rings (SSSR count). The molecule has 3 aromatic carbocycles. The fourth-order valence-corrected chi connectivity index (χ4v) is 4.82. The van der Waals surface area contributed by atoms with Crippen molar-refractivity contribution in [3.05, 3.63) is 83.9 Å². The highest BCUT2D eigenvalue weighted by molar-refractivity contribution is 5.97. The molecule has 0 fully saturated rings. The minimum atomic E-state index is -0.242. The zero-order valence-corrected chi connectivity index (χ0v) is 23.9. The molecule has 0 aromatic heterocycles. The molecule has 38 heavy (non-hydrogen) atoms. The van der Waals surface area contributed by atoms with E-state index in [1.165, 1.54) is 43.2 Å². The highest BCUT2D eigenvalue weighted by atomic mass is 16.5. The lowest BCUT2D eigenvalue weighted by Gasteiger charge is -2.17. The quantitative estimate of drug-likeness (QED) is 0.141. The van der Waals surface area contributed by atoms with Gasteiger partial charge in [0, 0.05) is 6.61 Å². The smallest absolute Gasteiger partial charge is 0.339 e. The summed E-state index contributed by atoms with van der Waals surface area (Å²) >= 11 is 0. The lowest BCUT2D eigenvalue weighted by molar-refractivity contribution is 0.0272. The van der Waals surface area contributed by atoms with E-state index in [-0.39, 0.29) is 18.2 Å². The van der Waals surface area contributed by atoms with Crippen LogP contribution >= 0.6 is 0 Å². The third-order valence-electron chi connectivity index (χ3n) is 7.26. The summed E-state index contributed by atoms with van der Waals surface area (Å²) in [6, 6.07) is 24.8. The average Bonchev–Trinajstić information content (AvgIpc) is 2.96. The minimum absolute atomic E-state index is 0.0328. The lowest BCUT2D eigenvalue weighted by Crippen LogP contribution is -2.17. The number of hydrogen-bond acceptors (Lipinski definition) is 3. The summed E-state index contributed by atoms with van der Waals surface area (Å²) in [7, 11) is 0. The summed E-state index contributed by atoms with van der Waals surface area (Å²) in [5, 5.41) is 0. The zero-order chi connectivity index (χ0) is 27.2. The molecular weight excluding hydrogens is 468 g/mol. The van der Waals surface area contributed by atoms with Gasteiger partial charge in [-0.05, 0) is 60.1 Å². The van der Waals surface area contributed by atoms with E-state index in [0.29, 0.717) is 5.56 Å². The van der Waals surface area contributed by atoms with Crippen LogP contribution in [0.4, 0.5) is 0 Å². The van der Waals surface area contributed by atoms with Gasteiger partial charge in [-0.1, -0.05) is 126 Å². The van der Waals surface area contributed by atoms with Gasteiger partial charge in [-0.15, -0.1) is 0 Å². The van der Waals surface area contributed by atoms with Gasteiger partial charge in [-0.3, -0.25) is 0 Å². The second-order valence-corrected chi connectivity index (χ2v) is 10.2. The van der Waals surface area contributed by atoms with Crippen LogP contribution in [-0.4, -0.2) is 18.7 Å². The van der Waals surface area contributed by atoms with Crippen molar-refractivity contribution in [2.45, 2.75) is 97.7 Å². The molecule has 3 aromatic rings. The van der Waals surface area contributed by atoms with E-state index in [2.05, 4.69) is 76.2 Å². The lowest BCUT2D eigenvalue weighted by atomic mass is 9.96. The monoisotopic (exact) mass is 514 g/mol. The van der Waals surface area contributed by atoms with Gasteiger partial charge < -0.3 is 9.47 Å². The van der Waals surface area contributed by atoms with E-state index in [9.17, 15) is 4.79 Å². The van der Waals surface area contributed by atoms with Gasteiger partial charge in [-0.25, -0.2) is 4.79 Å². The Morgan fingerprint density at radius 2 is 1.32 bits per heavy atom. The Labute approximate surface area is 230 Å². The fourth-order valence-electron chi connectivity index (χ4n) is 4.82. The van der Waals surface area contributed by atoms with Crippen molar-refractivity contribution in [1.29, 1.82) is 0 Å². The van der Waals surface area contributed by atoms with Crippen molar-refractivity contribution in [3.63, 3.8) is 0 Å². The molecule has 0 saturated heterocycles. The fraction of sp³-hybridized carbons (Fsp3) is 0.457. The highest BCUT2D eigenvalue weighted by Crippen LogP contribution is 2.29. The first kappa shape index (κ1) is 29.6. The standard InChI is InChI=1S/C35H46O3/c1-5-8-9-10-11-14-26-37-27(4)28-18-20-29(21-19-28)30-22-24-31(25-23-30)33-16-12-13-17-34(33)35(36)38-32(7-3)15-6-2/h12-13,16-25,27,32H,5-11,14-15,26H2,1-4H3. The number of rotatable bonds is 16. The van der Waals surface area contributed by atoms with Gasteiger partial charge in [0.15, 0.2) is 0 Å². The van der Waals surface area contributed by atoms with E-state index >= 15 is 0 Å². The Kier molecular flexibility index (Phi) is 12.6. The maximum Gasteiger partial charge on any atom is 0.339 e. The van der Waals surface area contributed by atoms with Crippen molar-refractivity contribution in [2.24, 2.45) is 0 Å². The first-order valence-electron chi connectivity index (χ1n) is 14.7. The van der Waals surface area contributed by atoms with Crippen LogP contribution in [0, 0.1) is 0 Å². The topological polar surface area (TPSA) is 35.5 Å². The van der Waals surface area contributed by atoms with Crippen LogP contribution in [0.3, 0.4) is 0 Å². The molecule has 0 bridgehead atoms. The van der Waals surface area contributed by atoms with Crippen molar-refractivity contribution in [2.75, 3.05) is 6.61 Å². The van der Waals surface area contributed by atoms with Crippen molar-refractivity contribution < 1.29 is 14.3 Å². The summed E-state index contributed by atoms with van der Waals surface area (Å²) in [4.78, 5) is 13.0. The predicted octanol–water partition coefficient (Wildman–Crippen LogP) is 10.2. The van der Waals surface area contributed by atoms with Gasteiger partial charge in [-0.2, -0.15) is 0 Å². The first-order valence-corrected chi connectivity index (χ1v) is 14.7. The third-order valence-corrected chi connectivity index (χ3v) is 7.26. The molecule has 0 aliphatic rings. The van der Waals surface area contributed by atoms with Crippen LogP contribution in [0.15, 0.2) is 72.8 Å². The number of carbonyl (C=O) groups excluding carboxylic acids is 1. The summed E-state index contributed by atoms with van der Waals surface area (Å²) in [5.74, 6) is -0.242. The second-order valence-electron chi connectivity index (χ2n) is 10.2. The Balaban J connectivity index is 1.61. The van der Waals surface area contributed by atoms with Crippen LogP contribution in [0.5, 0.6) is 0 Å². The molecule has 0 amide bonds. The molecule has 3 nitrogen and oxygen atoms in total. The normalized spacial score (nSPS) is 12.7. The van der Waals surface area contributed by atoms with Gasteiger partial charge in [0.2, 0.25) is 0 Å². The molecule has 0 spiro atoms. The Morgan fingerprint density at radius 1 is 0.711 bits per heavy atom.